The molecule has 2 rings (SSSR count). The summed E-state index contributed by atoms with van der Waals surface area (Å²) in [5.74, 6) is 0. The van der Waals surface area contributed by atoms with Gasteiger partial charge in [-0.3, -0.25) is 0 Å². The molecule has 0 amide bonds. The van der Waals surface area contributed by atoms with Gasteiger partial charge in [0.15, 0.2) is 0 Å². The molecule has 1 N–H and O–H groups in total. The Morgan fingerprint density at radius 3 is 1.60 bits per heavy atom. The summed E-state index contributed by atoms with van der Waals surface area (Å²) in [5, 5.41) is 0. The van der Waals surface area contributed by atoms with E-state index in [-0.39, 0.29) is 37.7 Å². The minimum atomic E-state index is 0. The minimum absolute atomic E-state index is 0. The normalized spacial score (nSPS) is 8.53. The molecule has 0 heterocycles. The van der Waals surface area contributed by atoms with Crippen molar-refractivity contribution >= 4 is 5.69 Å². The molecule has 2 aromatic rings. The fourth-order valence-corrected chi connectivity index (χ4v) is 1.29. The molecule has 0 aromatic heterocycles. The van der Waals surface area contributed by atoms with Crippen molar-refractivity contribution in [3.8, 4) is 11.1 Å². The van der Waals surface area contributed by atoms with Crippen LogP contribution in [0.25, 0.3) is 16.9 Å². The first-order valence-corrected chi connectivity index (χ1v) is 4.23. The third kappa shape index (κ3) is 3.82. The molecule has 0 spiro atoms. The van der Waals surface area contributed by atoms with Gasteiger partial charge in [-0.1, -0.05) is 54.6 Å². The Labute approximate surface area is 114 Å². The van der Waals surface area contributed by atoms with Gasteiger partial charge in [0.2, 0.25) is 0 Å². The van der Waals surface area contributed by atoms with E-state index in [2.05, 4.69) is 12.1 Å². The number of hydrogen-bond donors (Lipinski definition) is 0. The van der Waals surface area contributed by atoms with Gasteiger partial charge in [0.05, 0.1) is 0 Å². The van der Waals surface area contributed by atoms with Crippen LogP contribution in [0.3, 0.4) is 0 Å². The maximum atomic E-state index is 7.35. The minimum Gasteiger partial charge on any atom is -0.699 e. The third-order valence-corrected chi connectivity index (χ3v) is 1.99. The average Bonchev–Trinajstić information content (AvgIpc) is 2.20. The molecule has 0 saturated heterocycles. The molecule has 15 heavy (non-hydrogen) atoms. The Hall–Kier alpha value is -0.565. The zero-order valence-electron chi connectivity index (χ0n) is 9.20. The van der Waals surface area contributed by atoms with Gasteiger partial charge in [0, 0.05) is 0 Å². The second kappa shape index (κ2) is 6.83. The first kappa shape index (κ1) is 14.4. The van der Waals surface area contributed by atoms with Gasteiger partial charge in [0.1, 0.15) is 0 Å². The van der Waals surface area contributed by atoms with Crippen molar-refractivity contribution in [1.29, 1.82) is 0 Å². The van der Waals surface area contributed by atoms with Crippen LogP contribution in [0.15, 0.2) is 54.6 Å². The summed E-state index contributed by atoms with van der Waals surface area (Å²) in [4.78, 5) is 0. The summed E-state index contributed by atoms with van der Waals surface area (Å²) in [6.45, 7) is 0. The van der Waals surface area contributed by atoms with Crippen LogP contribution in [0.5, 0.6) is 0 Å². The molecular weight excluding hydrogens is 172 g/mol. The molecule has 0 atom stereocenters. The van der Waals surface area contributed by atoms with Crippen LogP contribution in [0.4, 0.5) is 5.69 Å². The topological polar surface area (TPSA) is 23.8 Å². The van der Waals surface area contributed by atoms with Gasteiger partial charge in [-0.25, -0.2) is 0 Å². The molecule has 2 aromatic carbocycles. The quantitative estimate of drug-likeness (QED) is 0.457. The van der Waals surface area contributed by atoms with Crippen LogP contribution in [-0.4, -0.2) is 0 Å². The van der Waals surface area contributed by atoms with E-state index in [0.29, 0.717) is 5.69 Å². The van der Waals surface area contributed by atoms with Crippen molar-refractivity contribution in [2.45, 2.75) is 0 Å². The van der Waals surface area contributed by atoms with E-state index in [1.54, 1.807) is 0 Å². The van der Waals surface area contributed by atoms with Crippen LogP contribution >= 0.6 is 0 Å². The number of rotatable bonds is 1. The molecule has 0 aliphatic heterocycles. The fourth-order valence-electron chi connectivity index (χ4n) is 1.29. The number of nitrogens with one attached hydrogen (secondary N) is 1. The summed E-state index contributed by atoms with van der Waals surface area (Å²) >= 11 is 0. The van der Waals surface area contributed by atoms with Crippen molar-refractivity contribution in [3.63, 3.8) is 0 Å². The van der Waals surface area contributed by atoms with Gasteiger partial charge < -0.3 is 5.73 Å². The Kier molecular flexibility index (Phi) is 6.58. The Morgan fingerprint density at radius 2 is 1.07 bits per heavy atom. The van der Waals surface area contributed by atoms with Gasteiger partial charge in [-0.05, 0) is 11.1 Å². The van der Waals surface area contributed by atoms with Crippen molar-refractivity contribution in [2.75, 3.05) is 0 Å². The largest absolute Gasteiger partial charge is 1.00 e. The molecule has 0 radical (unpaired) electrons. The molecule has 0 fully saturated rings. The summed E-state index contributed by atoms with van der Waals surface area (Å²) in [7, 11) is 0. The van der Waals surface area contributed by atoms with Crippen LogP contribution in [0.1, 0.15) is 0 Å². The number of benzene rings is 2. The van der Waals surface area contributed by atoms with Crippen molar-refractivity contribution < 1.29 is 37.7 Å². The number of hydrogen-bond acceptors (Lipinski definition) is 0. The second-order valence-corrected chi connectivity index (χ2v) is 2.94. The van der Waals surface area contributed by atoms with E-state index < -0.39 is 0 Å². The third-order valence-electron chi connectivity index (χ3n) is 1.99. The van der Waals surface area contributed by atoms with E-state index in [4.69, 9.17) is 5.73 Å². The maximum Gasteiger partial charge on any atom is 1.00 e. The van der Waals surface area contributed by atoms with E-state index in [9.17, 15) is 0 Å². The molecular formula is C12H10Li2N+. The van der Waals surface area contributed by atoms with E-state index in [1.807, 2.05) is 42.5 Å². The molecule has 0 unspecified atom stereocenters. The standard InChI is InChI=1S/C12H10N.2Li/c13-12-8-6-11(7-9-12)10-4-2-1-3-5-10;;/h1-9,13H;;/q-1;2*+1. The summed E-state index contributed by atoms with van der Waals surface area (Å²) in [5.41, 5.74) is 10.3. The zero-order valence-corrected chi connectivity index (χ0v) is 9.20. The molecule has 0 aliphatic carbocycles. The Bertz CT molecular complexity index is 384. The molecule has 0 bridgehead atoms. The molecule has 0 saturated carbocycles. The molecule has 1 nitrogen and oxygen atoms in total. The monoisotopic (exact) mass is 182 g/mol. The van der Waals surface area contributed by atoms with Crippen molar-refractivity contribution in [2.24, 2.45) is 0 Å². The smallest absolute Gasteiger partial charge is 0.699 e. The van der Waals surface area contributed by atoms with Gasteiger partial charge >= 0.3 is 37.7 Å². The van der Waals surface area contributed by atoms with Gasteiger partial charge in [-0.2, -0.15) is 0 Å². The van der Waals surface area contributed by atoms with E-state index in [0.717, 1.165) is 5.56 Å². The zero-order chi connectivity index (χ0) is 9.10. The maximum absolute atomic E-state index is 7.35. The Balaban J connectivity index is 0.000000980. The average molecular weight is 182 g/mol. The summed E-state index contributed by atoms with van der Waals surface area (Å²) in [6.07, 6.45) is 0. The Morgan fingerprint density at radius 1 is 0.600 bits per heavy atom. The van der Waals surface area contributed by atoms with Crippen molar-refractivity contribution in [1.82, 2.24) is 0 Å². The van der Waals surface area contributed by atoms with Crippen LogP contribution < -0.4 is 37.7 Å². The molecule has 3 heteroatoms. The second-order valence-electron chi connectivity index (χ2n) is 2.94. The van der Waals surface area contributed by atoms with E-state index in [1.165, 1.54) is 5.56 Å². The fraction of sp³-hybridized carbons (Fsp3) is 0. The van der Waals surface area contributed by atoms with Crippen LogP contribution in [0, 0.1) is 0 Å². The molecule has 0 aliphatic rings. The van der Waals surface area contributed by atoms with Crippen LogP contribution in [0.2, 0.25) is 0 Å². The predicted molar refractivity (Wildman–Crippen MR) is 55.9 cm³/mol. The SMILES string of the molecule is [Li+].[Li+].[NH-]c1ccc(-c2ccccc2)cc1. The predicted octanol–water partition coefficient (Wildman–Crippen LogP) is -1.95. The van der Waals surface area contributed by atoms with E-state index >= 15 is 0 Å². The summed E-state index contributed by atoms with van der Waals surface area (Å²) in [6, 6.07) is 17.7. The first-order valence-electron chi connectivity index (χ1n) is 4.23. The van der Waals surface area contributed by atoms with Gasteiger partial charge in [-0.15, -0.1) is 5.69 Å². The molecule has 64 valence electrons. The van der Waals surface area contributed by atoms with Crippen LogP contribution in [-0.2, 0) is 0 Å². The first-order chi connectivity index (χ1) is 6.36. The summed E-state index contributed by atoms with van der Waals surface area (Å²) < 4.78 is 0. The van der Waals surface area contributed by atoms with Crippen molar-refractivity contribution in [3.05, 3.63) is 60.3 Å². The van der Waals surface area contributed by atoms with Gasteiger partial charge in [0.25, 0.3) is 0 Å².